The Kier molecular flexibility index (Phi) is 5.14. The van der Waals surface area contributed by atoms with E-state index in [9.17, 15) is 9.18 Å². The van der Waals surface area contributed by atoms with Crippen LogP contribution < -0.4 is 11.1 Å². The first kappa shape index (κ1) is 17.6. The van der Waals surface area contributed by atoms with Gasteiger partial charge in [-0.15, -0.1) is 5.10 Å². The summed E-state index contributed by atoms with van der Waals surface area (Å²) in [6, 6.07) is 4.51. The molecule has 0 aliphatic carbocycles. The number of hydrogen-bond donors (Lipinski definition) is 2. The second-order valence-electron chi connectivity index (χ2n) is 5.73. The van der Waals surface area contributed by atoms with Crippen molar-refractivity contribution in [2.75, 3.05) is 18.4 Å². The Labute approximate surface area is 153 Å². The lowest BCUT2D eigenvalue weighted by atomic mass is 10.1. The van der Waals surface area contributed by atoms with E-state index < -0.39 is 11.7 Å². The Bertz CT molecular complexity index is 805. The van der Waals surface area contributed by atoms with Gasteiger partial charge in [0.05, 0.1) is 17.3 Å². The highest BCUT2D eigenvalue weighted by atomic mass is 35.5. The molecule has 132 valence electrons. The molecule has 1 saturated heterocycles. The summed E-state index contributed by atoms with van der Waals surface area (Å²) >= 11 is 11.2. The zero-order chi connectivity index (χ0) is 18.0. The third kappa shape index (κ3) is 4.05. The highest BCUT2D eigenvalue weighted by molar-refractivity contribution is 7.80. The van der Waals surface area contributed by atoms with Crippen molar-refractivity contribution in [1.29, 1.82) is 0 Å². The highest BCUT2D eigenvalue weighted by Crippen LogP contribution is 2.23. The molecule has 1 aliphatic rings. The van der Waals surface area contributed by atoms with Crippen LogP contribution in [-0.4, -0.2) is 44.0 Å². The fraction of sp³-hybridized carbons (Fsp3) is 0.333. The molecule has 2 heterocycles. The van der Waals surface area contributed by atoms with Gasteiger partial charge in [0, 0.05) is 18.8 Å². The molecule has 3 rings (SSSR count). The topological polar surface area (TPSA) is 89.1 Å². The van der Waals surface area contributed by atoms with E-state index in [1.54, 1.807) is 16.9 Å². The van der Waals surface area contributed by atoms with Crippen LogP contribution in [0.2, 0.25) is 5.02 Å². The smallest absolute Gasteiger partial charge is 0.270 e. The molecule has 0 spiro atoms. The Morgan fingerprint density at radius 3 is 2.72 bits per heavy atom. The van der Waals surface area contributed by atoms with Gasteiger partial charge in [0.1, 0.15) is 5.82 Å². The van der Waals surface area contributed by atoms with E-state index in [1.807, 2.05) is 4.90 Å². The first-order valence-electron chi connectivity index (χ1n) is 7.66. The van der Waals surface area contributed by atoms with Crippen LogP contribution in [0, 0.1) is 5.82 Å². The molecule has 1 aromatic heterocycles. The lowest BCUT2D eigenvalue weighted by molar-refractivity contribution is 0.0995. The number of rotatable bonds is 3. The maximum absolute atomic E-state index is 13.2. The van der Waals surface area contributed by atoms with E-state index in [0.29, 0.717) is 10.8 Å². The number of thiocarbonyl (C=S) groups is 1. The average molecular weight is 383 g/mol. The summed E-state index contributed by atoms with van der Waals surface area (Å²) < 4.78 is 14.9. The molecule has 1 aliphatic heterocycles. The first-order chi connectivity index (χ1) is 11.9. The Hall–Kier alpha value is -2.26. The number of benzene rings is 1. The summed E-state index contributed by atoms with van der Waals surface area (Å²) in [4.78, 5) is 13.1. The number of anilines is 1. The lowest BCUT2D eigenvalue weighted by Gasteiger charge is -2.33. The predicted molar refractivity (Wildman–Crippen MR) is 96.0 cm³/mol. The minimum atomic E-state index is -0.591. The molecule has 7 nitrogen and oxygen atoms in total. The molecule has 0 unspecified atom stereocenters. The van der Waals surface area contributed by atoms with Crippen molar-refractivity contribution >= 4 is 40.5 Å². The van der Waals surface area contributed by atoms with Crippen molar-refractivity contribution in [2.45, 2.75) is 18.9 Å². The fourth-order valence-electron chi connectivity index (χ4n) is 2.68. The van der Waals surface area contributed by atoms with Crippen molar-refractivity contribution in [3.8, 4) is 0 Å². The van der Waals surface area contributed by atoms with Crippen molar-refractivity contribution < 1.29 is 9.18 Å². The fourth-order valence-corrected chi connectivity index (χ4v) is 3.16. The molecule has 0 radical (unpaired) electrons. The third-order valence-corrected chi connectivity index (χ3v) is 4.71. The van der Waals surface area contributed by atoms with E-state index in [4.69, 9.17) is 29.6 Å². The monoisotopic (exact) mass is 382 g/mol. The summed E-state index contributed by atoms with van der Waals surface area (Å²) in [5.74, 6) is -1.06. The van der Waals surface area contributed by atoms with Crippen LogP contribution in [0.4, 0.5) is 10.1 Å². The molecule has 1 fully saturated rings. The Balaban J connectivity index is 1.56. The van der Waals surface area contributed by atoms with Gasteiger partial charge in [-0.3, -0.25) is 4.79 Å². The van der Waals surface area contributed by atoms with Gasteiger partial charge in [-0.1, -0.05) is 16.8 Å². The Morgan fingerprint density at radius 2 is 2.12 bits per heavy atom. The lowest BCUT2D eigenvalue weighted by Crippen LogP contribution is -2.41. The number of aromatic nitrogens is 3. The molecular weight excluding hydrogens is 367 g/mol. The SMILES string of the molecule is NC(=O)c1cn(C2CCN(C(=S)Nc3ccc(F)c(Cl)c3)CC2)nn1. The van der Waals surface area contributed by atoms with Crippen LogP contribution in [-0.2, 0) is 0 Å². The zero-order valence-electron chi connectivity index (χ0n) is 13.2. The number of likely N-dealkylation sites (tertiary alicyclic amines) is 1. The number of piperidine rings is 1. The minimum absolute atomic E-state index is 0.0444. The number of primary amides is 1. The van der Waals surface area contributed by atoms with Crippen LogP contribution in [0.15, 0.2) is 24.4 Å². The third-order valence-electron chi connectivity index (χ3n) is 4.06. The molecule has 0 atom stereocenters. The van der Waals surface area contributed by atoms with Crippen LogP contribution >= 0.6 is 23.8 Å². The average Bonchev–Trinajstić information content (AvgIpc) is 3.09. The number of halogens is 2. The number of carbonyl (C=O) groups excluding carboxylic acids is 1. The molecule has 25 heavy (non-hydrogen) atoms. The van der Waals surface area contributed by atoms with Gasteiger partial charge in [-0.25, -0.2) is 9.07 Å². The van der Waals surface area contributed by atoms with Crippen molar-refractivity contribution in [1.82, 2.24) is 19.9 Å². The first-order valence-corrected chi connectivity index (χ1v) is 8.45. The van der Waals surface area contributed by atoms with Crippen molar-refractivity contribution in [2.24, 2.45) is 5.73 Å². The van der Waals surface area contributed by atoms with Gasteiger partial charge in [0.2, 0.25) is 0 Å². The standard InChI is InChI=1S/C15H16ClFN6OS/c16-11-7-9(1-2-12(11)17)19-15(25)22-5-3-10(4-6-22)23-8-13(14(18)24)20-21-23/h1-2,7-8,10H,3-6H2,(H2,18,24)(H,19,25). The van der Waals surface area contributed by atoms with Gasteiger partial charge in [-0.05, 0) is 43.3 Å². The van der Waals surface area contributed by atoms with Gasteiger partial charge in [0.25, 0.3) is 5.91 Å². The number of nitrogens with zero attached hydrogens (tertiary/aromatic N) is 4. The number of nitrogens with one attached hydrogen (secondary N) is 1. The summed E-state index contributed by atoms with van der Waals surface area (Å²) in [6.07, 6.45) is 3.17. The number of hydrogen-bond acceptors (Lipinski definition) is 4. The maximum atomic E-state index is 13.2. The molecule has 1 amide bonds. The molecule has 10 heteroatoms. The normalized spacial score (nSPS) is 15.2. The number of nitrogens with two attached hydrogens (primary N) is 1. The van der Waals surface area contributed by atoms with E-state index in [2.05, 4.69) is 15.6 Å². The predicted octanol–water partition coefficient (Wildman–Crippen LogP) is 2.20. The van der Waals surface area contributed by atoms with Crippen LogP contribution in [0.25, 0.3) is 0 Å². The number of amides is 1. The summed E-state index contributed by atoms with van der Waals surface area (Å²) in [6.45, 7) is 1.44. The van der Waals surface area contributed by atoms with Gasteiger partial charge < -0.3 is 16.0 Å². The molecular formula is C15H16ClFN6OS. The largest absolute Gasteiger partial charge is 0.364 e. The Morgan fingerprint density at radius 1 is 1.40 bits per heavy atom. The van der Waals surface area contributed by atoms with E-state index in [0.717, 1.165) is 25.9 Å². The van der Waals surface area contributed by atoms with Gasteiger partial charge >= 0.3 is 0 Å². The zero-order valence-corrected chi connectivity index (χ0v) is 14.7. The van der Waals surface area contributed by atoms with E-state index >= 15 is 0 Å². The van der Waals surface area contributed by atoms with E-state index in [-0.39, 0.29) is 16.8 Å². The summed E-state index contributed by atoms with van der Waals surface area (Å²) in [7, 11) is 0. The quantitative estimate of drug-likeness (QED) is 0.791. The highest BCUT2D eigenvalue weighted by Gasteiger charge is 2.23. The summed E-state index contributed by atoms with van der Waals surface area (Å²) in [5, 5.41) is 11.4. The molecule has 0 bridgehead atoms. The number of carbonyl (C=O) groups is 1. The van der Waals surface area contributed by atoms with Gasteiger partial charge in [-0.2, -0.15) is 0 Å². The maximum Gasteiger partial charge on any atom is 0.270 e. The van der Waals surface area contributed by atoms with Crippen LogP contribution in [0.5, 0.6) is 0 Å². The van der Waals surface area contributed by atoms with E-state index in [1.165, 1.54) is 12.1 Å². The second-order valence-corrected chi connectivity index (χ2v) is 6.52. The molecule has 2 aromatic rings. The minimum Gasteiger partial charge on any atom is -0.364 e. The van der Waals surface area contributed by atoms with Crippen molar-refractivity contribution in [3.05, 3.63) is 40.9 Å². The van der Waals surface area contributed by atoms with Crippen molar-refractivity contribution in [3.63, 3.8) is 0 Å². The molecule has 3 N–H and O–H groups in total. The van der Waals surface area contributed by atoms with Crippen LogP contribution in [0.3, 0.4) is 0 Å². The van der Waals surface area contributed by atoms with Crippen LogP contribution in [0.1, 0.15) is 29.4 Å². The molecule has 1 aromatic carbocycles. The summed E-state index contributed by atoms with van der Waals surface area (Å²) in [5.41, 5.74) is 5.99. The van der Waals surface area contributed by atoms with Gasteiger partial charge in [0.15, 0.2) is 10.8 Å². The second kappa shape index (κ2) is 7.32. The molecule has 0 saturated carbocycles.